The zero-order valence-electron chi connectivity index (χ0n) is 16.7. The average molecular weight is 304 g/mol. The lowest BCUT2D eigenvalue weighted by Crippen LogP contribution is -2.12. The van der Waals surface area contributed by atoms with Gasteiger partial charge in [0.25, 0.3) is 0 Å². The summed E-state index contributed by atoms with van der Waals surface area (Å²) in [6, 6.07) is 0. The molecule has 1 rings (SSSR count). The Labute approximate surface area is 136 Å². The van der Waals surface area contributed by atoms with Crippen LogP contribution < -0.4 is 0 Å². The van der Waals surface area contributed by atoms with E-state index < -0.39 is 0 Å². The zero-order chi connectivity index (χ0) is 17.1. The van der Waals surface area contributed by atoms with Crippen LogP contribution in [0.15, 0.2) is 0 Å². The van der Waals surface area contributed by atoms with Crippen molar-refractivity contribution in [1.29, 1.82) is 0 Å². The number of nitrogens with zero attached hydrogens (tertiary/aromatic N) is 3. The van der Waals surface area contributed by atoms with E-state index in [1.165, 1.54) is 58.3 Å². The van der Waals surface area contributed by atoms with Crippen molar-refractivity contribution < 1.29 is 0 Å². The Hall–Kier alpha value is -0.120. The van der Waals surface area contributed by atoms with E-state index in [0.717, 1.165) is 0 Å². The van der Waals surface area contributed by atoms with Crippen LogP contribution in [0.5, 0.6) is 0 Å². The van der Waals surface area contributed by atoms with Crippen molar-refractivity contribution in [1.82, 2.24) is 14.7 Å². The highest BCUT2D eigenvalue weighted by Gasteiger charge is 2.03. The summed E-state index contributed by atoms with van der Waals surface area (Å²) in [5.74, 6) is 0. The first kappa shape index (κ1) is 25.8. The van der Waals surface area contributed by atoms with Gasteiger partial charge in [-0.1, -0.05) is 34.1 Å². The summed E-state index contributed by atoms with van der Waals surface area (Å²) in [5, 5.41) is 0. The second kappa shape index (κ2) is 22.2. The van der Waals surface area contributed by atoms with Crippen LogP contribution in [0.2, 0.25) is 0 Å². The van der Waals surface area contributed by atoms with Crippen LogP contribution in [0.4, 0.5) is 0 Å². The molecule has 1 aliphatic rings. The molecule has 0 aromatic rings. The van der Waals surface area contributed by atoms with Gasteiger partial charge in [-0.15, -0.1) is 0 Å². The Morgan fingerprint density at radius 3 is 1.29 bits per heavy atom. The van der Waals surface area contributed by atoms with Gasteiger partial charge in [0.2, 0.25) is 0 Å². The second-order valence-electron chi connectivity index (χ2n) is 5.97. The van der Waals surface area contributed by atoms with E-state index in [0.29, 0.717) is 0 Å². The maximum Gasteiger partial charge on any atom is -0.00213 e. The van der Waals surface area contributed by atoms with E-state index in [1.54, 1.807) is 0 Å². The van der Waals surface area contributed by atoms with Gasteiger partial charge in [0.15, 0.2) is 0 Å². The molecule has 1 aliphatic heterocycles. The Bertz CT molecular complexity index is 153. The lowest BCUT2D eigenvalue weighted by molar-refractivity contribution is 0.398. The van der Waals surface area contributed by atoms with Crippen molar-refractivity contribution in [2.45, 2.75) is 59.8 Å². The van der Waals surface area contributed by atoms with Crippen LogP contribution in [-0.4, -0.2) is 76.1 Å². The molecule has 0 aromatic carbocycles. The molecule has 0 saturated carbocycles. The molecule has 21 heavy (non-hydrogen) atoms. The highest BCUT2D eigenvalue weighted by Crippen LogP contribution is 2.02. The minimum atomic E-state index is 1.21. The van der Waals surface area contributed by atoms with Crippen molar-refractivity contribution in [3.63, 3.8) is 0 Å². The van der Waals surface area contributed by atoms with Gasteiger partial charge in [-0.05, 0) is 87.1 Å². The van der Waals surface area contributed by atoms with Crippen LogP contribution >= 0.6 is 0 Å². The summed E-state index contributed by atoms with van der Waals surface area (Å²) in [5.41, 5.74) is 0. The van der Waals surface area contributed by atoms with Crippen molar-refractivity contribution in [3.8, 4) is 0 Å². The fourth-order valence-corrected chi connectivity index (χ4v) is 1.80. The molecule has 3 nitrogen and oxygen atoms in total. The van der Waals surface area contributed by atoms with Crippen LogP contribution in [0.3, 0.4) is 0 Å². The summed E-state index contributed by atoms with van der Waals surface area (Å²) in [6.07, 6.45) is 6.71. The SMILES string of the molecule is CC.CCCCN(C)C.CCCN(C)C.CN1CCCC1. The highest BCUT2D eigenvalue weighted by atomic mass is 15.1. The molecule has 0 spiro atoms. The van der Waals surface area contributed by atoms with Gasteiger partial charge < -0.3 is 14.7 Å². The number of hydrogen-bond donors (Lipinski definition) is 0. The molecule has 0 unspecified atom stereocenters. The largest absolute Gasteiger partial charge is 0.309 e. The molecule has 3 heteroatoms. The predicted octanol–water partition coefficient (Wildman–Crippen LogP) is 4.04. The number of hydrogen-bond acceptors (Lipinski definition) is 3. The minimum Gasteiger partial charge on any atom is -0.309 e. The molecule has 132 valence electrons. The number of unbranched alkanes of at least 4 members (excludes halogenated alkanes) is 1. The summed E-state index contributed by atoms with van der Waals surface area (Å²) >= 11 is 0. The van der Waals surface area contributed by atoms with Crippen molar-refractivity contribution >= 4 is 0 Å². The molecular weight excluding hydrogens is 258 g/mol. The van der Waals surface area contributed by atoms with E-state index in [-0.39, 0.29) is 0 Å². The second-order valence-corrected chi connectivity index (χ2v) is 5.97. The number of rotatable bonds is 5. The molecule has 0 aromatic heterocycles. The molecule has 0 atom stereocenters. The normalized spacial score (nSPS) is 13.9. The standard InChI is InChI=1S/C6H15N.C5H11N.C5H13N.C2H6/c1-4-5-6-7(2)3;1-6-4-2-3-5-6;1-4-5-6(2)3;1-2/h4-6H2,1-3H3;2-5H2,1H3;4-5H2,1-3H3;1-2H3. The summed E-state index contributed by atoms with van der Waals surface area (Å²) < 4.78 is 0. The Balaban J connectivity index is -0.000000219. The first-order valence-corrected chi connectivity index (χ1v) is 8.92. The lowest BCUT2D eigenvalue weighted by atomic mass is 10.3. The molecule has 1 heterocycles. The molecule has 1 fully saturated rings. The van der Waals surface area contributed by atoms with E-state index in [4.69, 9.17) is 0 Å². The number of likely N-dealkylation sites (tertiary alicyclic amines) is 1. The van der Waals surface area contributed by atoms with Crippen molar-refractivity contribution in [3.05, 3.63) is 0 Å². The molecule has 1 saturated heterocycles. The smallest absolute Gasteiger partial charge is 0.00213 e. The fourth-order valence-electron chi connectivity index (χ4n) is 1.80. The maximum absolute atomic E-state index is 2.36. The third-order valence-electron chi connectivity index (χ3n) is 2.96. The van der Waals surface area contributed by atoms with Gasteiger partial charge in [-0.3, -0.25) is 0 Å². The Morgan fingerprint density at radius 2 is 1.19 bits per heavy atom. The quantitative estimate of drug-likeness (QED) is 0.759. The minimum absolute atomic E-state index is 1.21. The van der Waals surface area contributed by atoms with Gasteiger partial charge >= 0.3 is 0 Å². The third kappa shape index (κ3) is 33.0. The maximum atomic E-state index is 2.36. The molecule has 0 radical (unpaired) electrons. The van der Waals surface area contributed by atoms with Gasteiger partial charge in [0.1, 0.15) is 0 Å². The van der Waals surface area contributed by atoms with Gasteiger partial charge in [0, 0.05) is 0 Å². The first-order chi connectivity index (χ1) is 9.93. The summed E-state index contributed by atoms with van der Waals surface area (Å²) in [4.78, 5) is 6.75. The highest BCUT2D eigenvalue weighted by molar-refractivity contribution is 4.59. The molecular formula is C18H45N3. The van der Waals surface area contributed by atoms with Crippen LogP contribution in [0.25, 0.3) is 0 Å². The van der Waals surface area contributed by atoms with Crippen molar-refractivity contribution in [2.24, 2.45) is 0 Å². The first-order valence-electron chi connectivity index (χ1n) is 8.92. The Morgan fingerprint density at radius 1 is 0.762 bits per heavy atom. The fraction of sp³-hybridized carbons (Fsp3) is 1.00. The zero-order valence-corrected chi connectivity index (χ0v) is 16.7. The monoisotopic (exact) mass is 303 g/mol. The van der Waals surface area contributed by atoms with E-state index in [1.807, 2.05) is 13.8 Å². The third-order valence-corrected chi connectivity index (χ3v) is 2.96. The average Bonchev–Trinajstić information content (AvgIpc) is 2.91. The van der Waals surface area contributed by atoms with Crippen LogP contribution in [0, 0.1) is 0 Å². The lowest BCUT2D eigenvalue weighted by Gasteiger charge is -2.05. The van der Waals surface area contributed by atoms with E-state index in [9.17, 15) is 0 Å². The topological polar surface area (TPSA) is 9.72 Å². The Kier molecular flexibility index (Phi) is 27.2. The summed E-state index contributed by atoms with van der Waals surface area (Å²) in [6.45, 7) is 13.5. The van der Waals surface area contributed by atoms with E-state index in [2.05, 4.69) is 63.8 Å². The molecule has 0 N–H and O–H groups in total. The molecule has 0 bridgehead atoms. The van der Waals surface area contributed by atoms with Crippen molar-refractivity contribution in [2.75, 3.05) is 61.4 Å². The van der Waals surface area contributed by atoms with Gasteiger partial charge in [-0.2, -0.15) is 0 Å². The van der Waals surface area contributed by atoms with Crippen LogP contribution in [-0.2, 0) is 0 Å². The van der Waals surface area contributed by atoms with Gasteiger partial charge in [-0.25, -0.2) is 0 Å². The van der Waals surface area contributed by atoms with E-state index >= 15 is 0 Å². The predicted molar refractivity (Wildman–Crippen MR) is 100 cm³/mol. The van der Waals surface area contributed by atoms with Gasteiger partial charge in [0.05, 0.1) is 0 Å². The molecule has 0 amide bonds. The summed E-state index contributed by atoms with van der Waals surface area (Å²) in [7, 11) is 10.6. The van der Waals surface area contributed by atoms with Crippen LogP contribution in [0.1, 0.15) is 59.8 Å². The molecule has 0 aliphatic carbocycles.